The van der Waals surface area contributed by atoms with E-state index in [0.717, 1.165) is 67.8 Å². The minimum absolute atomic E-state index is 0.0601. The zero-order valence-corrected chi connectivity index (χ0v) is 19.9. The molecule has 1 N–H and O–H groups in total. The summed E-state index contributed by atoms with van der Waals surface area (Å²) in [6.07, 6.45) is 1.09. The Morgan fingerprint density at radius 1 is 1.03 bits per heavy atom. The molecule has 0 amide bonds. The molecule has 2 aromatic rings. The second-order valence-corrected chi connectivity index (χ2v) is 9.70. The van der Waals surface area contributed by atoms with Gasteiger partial charge in [-0.05, 0) is 54.7 Å². The van der Waals surface area contributed by atoms with Crippen LogP contribution in [0.2, 0.25) is 0 Å². The van der Waals surface area contributed by atoms with Crippen molar-refractivity contribution in [2.24, 2.45) is 0 Å². The first-order valence-corrected chi connectivity index (χ1v) is 12.1. The number of aliphatic hydroxyl groups excluding tert-OH is 1. The molecule has 3 aliphatic rings. The van der Waals surface area contributed by atoms with Gasteiger partial charge in [0.05, 0.1) is 17.2 Å². The summed E-state index contributed by atoms with van der Waals surface area (Å²) < 4.78 is 10.5. The first-order valence-electron chi connectivity index (χ1n) is 12.1. The highest BCUT2D eigenvalue weighted by atomic mass is 16.5. The summed E-state index contributed by atoms with van der Waals surface area (Å²) in [5.74, 6) is -0.488. The lowest BCUT2D eigenvalue weighted by Gasteiger charge is -2.36. The highest BCUT2D eigenvalue weighted by molar-refractivity contribution is 5.94. The summed E-state index contributed by atoms with van der Waals surface area (Å²) >= 11 is 0. The van der Waals surface area contributed by atoms with E-state index in [0.29, 0.717) is 24.3 Å². The third kappa shape index (κ3) is 4.60. The first-order chi connectivity index (χ1) is 16.4. The van der Waals surface area contributed by atoms with Crippen molar-refractivity contribution in [3.63, 3.8) is 0 Å². The number of ether oxygens (including phenoxy) is 2. The average Bonchev–Trinajstić information content (AvgIpc) is 3.20. The lowest BCUT2D eigenvalue weighted by atomic mass is 9.95. The predicted molar refractivity (Wildman–Crippen MR) is 127 cm³/mol. The van der Waals surface area contributed by atoms with Gasteiger partial charge in [-0.2, -0.15) is 0 Å². The fourth-order valence-corrected chi connectivity index (χ4v) is 5.32. The van der Waals surface area contributed by atoms with Gasteiger partial charge in [-0.3, -0.25) is 4.90 Å². The molecule has 2 aromatic carbocycles. The fraction of sp³-hybridized carbons (Fsp3) is 0.481. The van der Waals surface area contributed by atoms with Crippen LogP contribution in [0.3, 0.4) is 0 Å². The molecule has 7 heteroatoms. The number of piperazine rings is 1. The second kappa shape index (κ2) is 9.49. The van der Waals surface area contributed by atoms with Crippen LogP contribution in [0.25, 0.3) is 0 Å². The molecule has 180 valence electrons. The molecule has 7 nitrogen and oxygen atoms in total. The van der Waals surface area contributed by atoms with Crippen molar-refractivity contribution in [3.8, 4) is 0 Å². The number of esters is 2. The van der Waals surface area contributed by atoms with Crippen LogP contribution in [0.15, 0.2) is 30.3 Å². The quantitative estimate of drug-likeness (QED) is 0.659. The number of carbonyl (C=O) groups excluding carboxylic acids is 2. The Kier molecular flexibility index (Phi) is 6.42. The Morgan fingerprint density at radius 2 is 1.76 bits per heavy atom. The highest BCUT2D eigenvalue weighted by Gasteiger charge is 2.27. The maximum absolute atomic E-state index is 12.0. The number of hydrogen-bond donors (Lipinski definition) is 1. The number of fused-ring (bicyclic) bond motifs is 2. The van der Waals surface area contributed by atoms with Gasteiger partial charge in [-0.15, -0.1) is 0 Å². The largest absolute Gasteiger partial charge is 0.459 e. The van der Waals surface area contributed by atoms with E-state index in [2.05, 4.69) is 15.9 Å². The maximum Gasteiger partial charge on any atom is 0.338 e. The maximum atomic E-state index is 12.0. The third-order valence-electron chi connectivity index (χ3n) is 7.38. The molecule has 0 saturated carbocycles. The summed E-state index contributed by atoms with van der Waals surface area (Å²) in [5, 5.41) is 10.9. The minimum Gasteiger partial charge on any atom is -0.459 e. The summed E-state index contributed by atoms with van der Waals surface area (Å²) in [4.78, 5) is 28.6. The molecule has 1 saturated heterocycles. The Hall–Kier alpha value is -2.74. The van der Waals surface area contributed by atoms with Crippen LogP contribution < -0.4 is 0 Å². The number of aliphatic hydroxyl groups is 1. The summed E-state index contributed by atoms with van der Waals surface area (Å²) in [6.45, 7) is 9.51. The van der Waals surface area contributed by atoms with Crippen LogP contribution in [0.4, 0.5) is 0 Å². The van der Waals surface area contributed by atoms with Crippen LogP contribution in [-0.4, -0.2) is 72.2 Å². The van der Waals surface area contributed by atoms with E-state index in [1.165, 1.54) is 5.56 Å². The molecule has 34 heavy (non-hydrogen) atoms. The molecule has 0 unspecified atom stereocenters. The van der Waals surface area contributed by atoms with Crippen molar-refractivity contribution < 1.29 is 24.2 Å². The van der Waals surface area contributed by atoms with Crippen molar-refractivity contribution >= 4 is 11.9 Å². The van der Waals surface area contributed by atoms with Crippen LogP contribution in [-0.2, 0) is 28.9 Å². The van der Waals surface area contributed by atoms with Crippen LogP contribution in [0.1, 0.15) is 61.6 Å². The summed E-state index contributed by atoms with van der Waals surface area (Å²) in [5.41, 5.74) is 6.42. The van der Waals surface area contributed by atoms with Gasteiger partial charge in [-0.25, -0.2) is 9.59 Å². The molecule has 2 atom stereocenters. The van der Waals surface area contributed by atoms with Gasteiger partial charge in [0.25, 0.3) is 0 Å². The Bertz CT molecular complexity index is 1110. The van der Waals surface area contributed by atoms with Crippen molar-refractivity contribution in [3.05, 3.63) is 69.3 Å². The molecule has 0 spiro atoms. The van der Waals surface area contributed by atoms with E-state index in [4.69, 9.17) is 9.47 Å². The number of rotatable bonds is 6. The van der Waals surface area contributed by atoms with Crippen molar-refractivity contribution in [2.75, 3.05) is 39.3 Å². The van der Waals surface area contributed by atoms with Gasteiger partial charge < -0.3 is 19.5 Å². The van der Waals surface area contributed by atoms with Gasteiger partial charge in [0.1, 0.15) is 12.7 Å². The Morgan fingerprint density at radius 3 is 2.56 bits per heavy atom. The van der Waals surface area contributed by atoms with Crippen molar-refractivity contribution in [2.45, 2.75) is 45.5 Å². The van der Waals surface area contributed by atoms with Gasteiger partial charge in [0, 0.05) is 51.3 Å². The van der Waals surface area contributed by atoms with E-state index < -0.39 is 6.10 Å². The number of β-amino-alcohol motifs (C(OH)–C–C–N with tert-alkyl or cyclic N) is 1. The van der Waals surface area contributed by atoms with Crippen molar-refractivity contribution in [1.82, 2.24) is 9.80 Å². The molecule has 0 radical (unpaired) electrons. The van der Waals surface area contributed by atoms with E-state index >= 15 is 0 Å². The van der Waals surface area contributed by atoms with E-state index in [1.54, 1.807) is 6.07 Å². The number of benzene rings is 2. The molecular formula is C27H32N2O5. The summed E-state index contributed by atoms with van der Waals surface area (Å²) in [6, 6.07) is 9.75. The monoisotopic (exact) mass is 464 g/mol. The van der Waals surface area contributed by atoms with Crippen LogP contribution >= 0.6 is 0 Å². The topological polar surface area (TPSA) is 79.3 Å². The van der Waals surface area contributed by atoms with E-state index in [1.807, 2.05) is 32.0 Å². The normalized spacial score (nSPS) is 21.6. The van der Waals surface area contributed by atoms with Gasteiger partial charge in [0.2, 0.25) is 0 Å². The van der Waals surface area contributed by atoms with Crippen LogP contribution in [0, 0.1) is 6.92 Å². The second-order valence-electron chi connectivity index (χ2n) is 9.70. The molecule has 1 fully saturated rings. The fourth-order valence-electron chi connectivity index (χ4n) is 5.32. The molecule has 0 aliphatic carbocycles. The Balaban J connectivity index is 1.12. The number of nitrogens with zero attached hydrogens (tertiary/aromatic N) is 2. The highest BCUT2D eigenvalue weighted by Crippen LogP contribution is 2.29. The standard InChI is InChI=1S/C27H32N2O5/c1-17-13-20-14-19(3-4-22(20)27(32)34-17)7-8-28-9-11-29(12-10-28)15-25(30)21-5-6-23-24(18(21)2)16-33-26(23)31/h3-6,14,17,25,30H,7-13,15-16H2,1-2H3/t17-,25-/m1/s1. The van der Waals surface area contributed by atoms with Gasteiger partial charge >= 0.3 is 11.9 Å². The minimum atomic E-state index is -0.586. The third-order valence-corrected chi connectivity index (χ3v) is 7.38. The average molecular weight is 465 g/mol. The lowest BCUT2D eigenvalue weighted by molar-refractivity contribution is 0.0301. The first kappa shape index (κ1) is 23.0. The zero-order chi connectivity index (χ0) is 23.8. The molecular weight excluding hydrogens is 432 g/mol. The van der Waals surface area contributed by atoms with Crippen LogP contribution in [0.5, 0.6) is 0 Å². The number of cyclic esters (lactones) is 2. The Labute approximate surface area is 200 Å². The van der Waals surface area contributed by atoms with Gasteiger partial charge in [0.15, 0.2) is 0 Å². The molecule has 5 rings (SSSR count). The molecule has 3 heterocycles. The van der Waals surface area contributed by atoms with Crippen molar-refractivity contribution in [1.29, 1.82) is 0 Å². The number of carbonyl (C=O) groups is 2. The zero-order valence-electron chi connectivity index (χ0n) is 19.9. The summed E-state index contributed by atoms with van der Waals surface area (Å²) in [7, 11) is 0. The smallest absolute Gasteiger partial charge is 0.338 e. The SMILES string of the molecule is Cc1c([C@H](O)CN2CCN(CCc3ccc4c(c3)C[C@@H](C)OC4=O)CC2)ccc2c1COC2=O. The molecule has 3 aliphatic heterocycles. The molecule has 0 aromatic heterocycles. The van der Waals surface area contributed by atoms with Gasteiger partial charge in [-0.1, -0.05) is 18.2 Å². The number of hydrogen-bond acceptors (Lipinski definition) is 7. The predicted octanol–water partition coefficient (Wildman–Crippen LogP) is 2.66. The molecule has 0 bridgehead atoms. The lowest BCUT2D eigenvalue weighted by Crippen LogP contribution is -2.48. The van der Waals surface area contributed by atoms with E-state index in [-0.39, 0.29) is 18.0 Å². The van der Waals surface area contributed by atoms with E-state index in [9.17, 15) is 14.7 Å².